The SMILES string of the molecule is CSC1CC2CCC(C1)N2S(=O)(=O)c1ccc(OC(F)(F)F)cc1. The third-order valence-electron chi connectivity index (χ3n) is 4.59. The lowest BCUT2D eigenvalue weighted by Crippen LogP contribution is -2.47. The third-order valence-corrected chi connectivity index (χ3v) is 7.66. The molecule has 0 amide bonds. The predicted molar refractivity (Wildman–Crippen MR) is 85.5 cm³/mol. The molecule has 2 aliphatic heterocycles. The van der Waals surface area contributed by atoms with Gasteiger partial charge >= 0.3 is 6.36 Å². The first-order chi connectivity index (χ1) is 11.2. The second-order valence-corrected chi connectivity index (χ2v) is 9.05. The van der Waals surface area contributed by atoms with Gasteiger partial charge in [0.25, 0.3) is 0 Å². The summed E-state index contributed by atoms with van der Waals surface area (Å²) in [7, 11) is -3.70. The van der Waals surface area contributed by atoms with Crippen LogP contribution < -0.4 is 4.74 Å². The fraction of sp³-hybridized carbons (Fsp3) is 0.600. The number of alkyl halides is 3. The molecule has 134 valence electrons. The van der Waals surface area contributed by atoms with Crippen LogP contribution >= 0.6 is 11.8 Å². The van der Waals surface area contributed by atoms with Crippen LogP contribution in [0.2, 0.25) is 0 Å². The first kappa shape index (κ1) is 17.9. The zero-order valence-electron chi connectivity index (χ0n) is 13.0. The highest BCUT2D eigenvalue weighted by atomic mass is 32.2. The van der Waals surface area contributed by atoms with Crippen molar-refractivity contribution in [2.45, 2.75) is 54.3 Å². The summed E-state index contributed by atoms with van der Waals surface area (Å²) in [5.41, 5.74) is 0. The van der Waals surface area contributed by atoms with Crippen molar-refractivity contribution in [3.8, 4) is 5.75 Å². The maximum absolute atomic E-state index is 12.9. The number of piperidine rings is 1. The van der Waals surface area contributed by atoms with Gasteiger partial charge in [0.05, 0.1) is 4.90 Å². The molecule has 0 radical (unpaired) electrons. The summed E-state index contributed by atoms with van der Waals surface area (Å²) >= 11 is 1.76. The Kier molecular flexibility index (Phi) is 4.78. The van der Waals surface area contributed by atoms with Gasteiger partial charge in [0.15, 0.2) is 0 Å². The first-order valence-corrected chi connectivity index (χ1v) is 10.4. The van der Waals surface area contributed by atoms with Crippen molar-refractivity contribution in [3.63, 3.8) is 0 Å². The standard InChI is InChI=1S/C15H18F3NO3S2/c1-23-13-8-10-2-3-11(9-13)19(10)24(20,21)14-6-4-12(5-7-14)22-15(16,17)18/h4-7,10-11,13H,2-3,8-9H2,1H3. The largest absolute Gasteiger partial charge is 0.573 e. The molecule has 2 bridgehead atoms. The summed E-state index contributed by atoms with van der Waals surface area (Å²) < 4.78 is 67.7. The van der Waals surface area contributed by atoms with Crippen molar-refractivity contribution in [2.75, 3.05) is 6.26 Å². The molecule has 2 atom stereocenters. The maximum Gasteiger partial charge on any atom is 0.573 e. The topological polar surface area (TPSA) is 46.6 Å². The van der Waals surface area contributed by atoms with Gasteiger partial charge in [-0.15, -0.1) is 13.2 Å². The Morgan fingerprint density at radius 3 is 2.12 bits per heavy atom. The normalized spacial score (nSPS) is 28.1. The minimum atomic E-state index is -4.79. The van der Waals surface area contributed by atoms with Crippen LogP contribution in [0.5, 0.6) is 5.75 Å². The average molecular weight is 381 g/mol. The highest BCUT2D eigenvalue weighted by molar-refractivity contribution is 7.99. The summed E-state index contributed by atoms with van der Waals surface area (Å²) in [4.78, 5) is 0.0107. The Morgan fingerprint density at radius 1 is 1.12 bits per heavy atom. The van der Waals surface area contributed by atoms with Crippen molar-refractivity contribution in [3.05, 3.63) is 24.3 Å². The number of hydrogen-bond acceptors (Lipinski definition) is 4. The smallest absolute Gasteiger partial charge is 0.406 e. The number of hydrogen-bond donors (Lipinski definition) is 0. The lowest BCUT2D eigenvalue weighted by atomic mass is 10.1. The van der Waals surface area contributed by atoms with Crippen molar-refractivity contribution in [2.24, 2.45) is 0 Å². The quantitative estimate of drug-likeness (QED) is 0.799. The molecule has 0 N–H and O–H groups in total. The van der Waals surface area contributed by atoms with Crippen LogP contribution in [0.4, 0.5) is 13.2 Å². The van der Waals surface area contributed by atoms with E-state index in [0.29, 0.717) is 5.25 Å². The Morgan fingerprint density at radius 2 is 1.67 bits per heavy atom. The van der Waals surface area contributed by atoms with E-state index in [2.05, 4.69) is 4.74 Å². The van der Waals surface area contributed by atoms with Crippen molar-refractivity contribution >= 4 is 21.8 Å². The van der Waals surface area contributed by atoms with Gasteiger partial charge in [-0.3, -0.25) is 0 Å². The maximum atomic E-state index is 12.9. The Bertz CT molecular complexity index is 677. The summed E-state index contributed by atoms with van der Waals surface area (Å²) in [6, 6.07) is 4.40. The van der Waals surface area contributed by atoms with Gasteiger partial charge < -0.3 is 4.74 Å². The molecule has 24 heavy (non-hydrogen) atoms. The minimum absolute atomic E-state index is 0.0107. The first-order valence-electron chi connectivity index (χ1n) is 7.63. The molecule has 2 aliphatic rings. The van der Waals surface area contributed by atoms with Crippen LogP contribution in [0.15, 0.2) is 29.2 Å². The monoisotopic (exact) mass is 381 g/mol. The molecular weight excluding hydrogens is 363 g/mol. The molecule has 2 saturated heterocycles. The van der Waals surface area contributed by atoms with Crippen LogP contribution in [0.25, 0.3) is 0 Å². The Labute approximate surface area is 143 Å². The van der Waals surface area contributed by atoms with Crippen LogP contribution in [0.1, 0.15) is 25.7 Å². The molecular formula is C15H18F3NO3S2. The number of benzene rings is 1. The second kappa shape index (κ2) is 6.42. The second-order valence-electron chi connectivity index (χ2n) is 6.07. The number of fused-ring (bicyclic) bond motifs is 2. The van der Waals surface area contributed by atoms with Crippen molar-refractivity contribution in [1.82, 2.24) is 4.31 Å². The van der Waals surface area contributed by atoms with Gasteiger partial charge in [-0.1, -0.05) is 0 Å². The Hall–Kier alpha value is -0.930. The minimum Gasteiger partial charge on any atom is -0.406 e. The average Bonchev–Trinajstić information content (AvgIpc) is 2.78. The number of nitrogens with zero attached hydrogens (tertiary/aromatic N) is 1. The fourth-order valence-corrected chi connectivity index (χ4v) is 6.32. The summed E-state index contributed by atoms with van der Waals surface area (Å²) in [6.45, 7) is 0. The van der Waals surface area contributed by atoms with E-state index >= 15 is 0 Å². The lowest BCUT2D eigenvalue weighted by molar-refractivity contribution is -0.274. The van der Waals surface area contributed by atoms with Crippen molar-refractivity contribution in [1.29, 1.82) is 0 Å². The van der Waals surface area contributed by atoms with Gasteiger partial charge in [-0.25, -0.2) is 8.42 Å². The van der Waals surface area contributed by atoms with Gasteiger partial charge in [-0.2, -0.15) is 16.1 Å². The molecule has 4 nitrogen and oxygen atoms in total. The zero-order chi connectivity index (χ0) is 17.5. The molecule has 1 aromatic rings. The molecule has 0 spiro atoms. The molecule has 0 aromatic heterocycles. The van der Waals surface area contributed by atoms with Crippen molar-refractivity contribution < 1.29 is 26.3 Å². The van der Waals surface area contributed by atoms with Crippen LogP contribution in [0, 0.1) is 0 Å². The van der Waals surface area contributed by atoms with Crippen LogP contribution in [-0.2, 0) is 10.0 Å². The van der Waals surface area contributed by atoms with E-state index in [-0.39, 0.29) is 17.0 Å². The molecule has 3 rings (SSSR count). The molecule has 2 heterocycles. The number of rotatable bonds is 4. The van der Waals surface area contributed by atoms with Gasteiger partial charge in [0, 0.05) is 17.3 Å². The van der Waals surface area contributed by atoms with E-state index in [1.807, 2.05) is 6.26 Å². The predicted octanol–water partition coefficient (Wildman–Crippen LogP) is 3.63. The number of halogens is 3. The van der Waals surface area contributed by atoms with E-state index in [1.54, 1.807) is 16.1 Å². The molecule has 2 fully saturated rings. The highest BCUT2D eigenvalue weighted by Gasteiger charge is 2.47. The molecule has 2 unspecified atom stereocenters. The number of thioether (sulfide) groups is 1. The molecule has 0 saturated carbocycles. The van der Waals surface area contributed by atoms with E-state index in [9.17, 15) is 21.6 Å². The molecule has 0 aliphatic carbocycles. The van der Waals surface area contributed by atoms with Gasteiger partial charge in [-0.05, 0) is 56.2 Å². The Balaban J connectivity index is 1.81. The van der Waals surface area contributed by atoms with E-state index in [1.165, 1.54) is 12.1 Å². The summed E-state index contributed by atoms with van der Waals surface area (Å²) in [5.74, 6) is -0.425. The molecule has 9 heteroatoms. The summed E-state index contributed by atoms with van der Waals surface area (Å²) in [6.07, 6.45) is 0.581. The van der Waals surface area contributed by atoms with Crippen LogP contribution in [-0.4, -0.2) is 42.7 Å². The zero-order valence-corrected chi connectivity index (χ0v) is 14.6. The lowest BCUT2D eigenvalue weighted by Gasteiger charge is -2.37. The van der Waals surface area contributed by atoms with E-state index in [0.717, 1.165) is 37.8 Å². The fourth-order valence-electron chi connectivity index (χ4n) is 3.60. The van der Waals surface area contributed by atoms with E-state index < -0.39 is 22.1 Å². The molecule has 1 aromatic carbocycles. The van der Waals surface area contributed by atoms with Gasteiger partial charge in [0.2, 0.25) is 10.0 Å². The number of sulfonamides is 1. The van der Waals surface area contributed by atoms with Gasteiger partial charge in [0.1, 0.15) is 5.75 Å². The van der Waals surface area contributed by atoms with E-state index in [4.69, 9.17) is 0 Å². The number of ether oxygens (including phenoxy) is 1. The summed E-state index contributed by atoms with van der Waals surface area (Å²) in [5, 5.41) is 0.469. The third kappa shape index (κ3) is 3.52. The van der Waals surface area contributed by atoms with Crippen LogP contribution in [0.3, 0.4) is 0 Å². The highest BCUT2D eigenvalue weighted by Crippen LogP contribution is 2.42.